The second-order valence-corrected chi connectivity index (χ2v) is 8.70. The maximum absolute atomic E-state index is 13.1. The van der Waals surface area contributed by atoms with E-state index in [9.17, 15) is 9.59 Å². The molecule has 0 aliphatic carbocycles. The molecule has 2 heterocycles. The summed E-state index contributed by atoms with van der Waals surface area (Å²) in [5.74, 6) is 1.17. The molecule has 2 unspecified atom stereocenters. The Hall–Kier alpha value is -1.06. The average molecular weight is 322 g/mol. The molecule has 23 heavy (non-hydrogen) atoms. The molecule has 0 spiro atoms. The molecule has 2 aliphatic heterocycles. The molecule has 0 N–H and O–H groups in total. The van der Waals surface area contributed by atoms with E-state index in [0.717, 1.165) is 38.9 Å². The van der Waals surface area contributed by atoms with Crippen molar-refractivity contribution in [2.24, 2.45) is 17.3 Å². The first-order valence-electron chi connectivity index (χ1n) is 9.30. The van der Waals surface area contributed by atoms with Crippen molar-refractivity contribution in [1.29, 1.82) is 0 Å². The molecular formula is C19H34N2O2. The molecule has 2 fully saturated rings. The minimum Gasteiger partial charge on any atom is -0.341 e. The minimum atomic E-state index is -0.267. The molecule has 2 saturated heterocycles. The van der Waals surface area contributed by atoms with Crippen LogP contribution >= 0.6 is 0 Å². The Morgan fingerprint density at radius 3 is 2.30 bits per heavy atom. The van der Waals surface area contributed by atoms with Gasteiger partial charge in [0, 0.05) is 26.1 Å². The molecule has 132 valence electrons. The normalized spacial score (nSPS) is 25.0. The standard InChI is InChI=1S/C19H34N2O2/c1-14(2)17(21-12-7-9-16(21)22)18(23)20-11-6-8-15(10-13-20)19(3,4)5/h14-15,17H,6-13H2,1-5H3. The summed E-state index contributed by atoms with van der Waals surface area (Å²) < 4.78 is 0. The van der Waals surface area contributed by atoms with E-state index in [2.05, 4.69) is 34.6 Å². The highest BCUT2D eigenvalue weighted by Gasteiger charge is 2.38. The summed E-state index contributed by atoms with van der Waals surface area (Å²) >= 11 is 0. The van der Waals surface area contributed by atoms with Crippen LogP contribution in [-0.2, 0) is 9.59 Å². The molecule has 2 aliphatic rings. The van der Waals surface area contributed by atoms with Crippen molar-refractivity contribution in [3.63, 3.8) is 0 Å². The molecule has 0 radical (unpaired) electrons. The molecule has 4 nitrogen and oxygen atoms in total. The zero-order valence-corrected chi connectivity index (χ0v) is 15.6. The van der Waals surface area contributed by atoms with E-state index in [4.69, 9.17) is 0 Å². The van der Waals surface area contributed by atoms with Crippen molar-refractivity contribution in [1.82, 2.24) is 9.80 Å². The molecule has 4 heteroatoms. The van der Waals surface area contributed by atoms with Crippen LogP contribution in [0.3, 0.4) is 0 Å². The number of likely N-dealkylation sites (tertiary alicyclic amines) is 2. The zero-order valence-electron chi connectivity index (χ0n) is 15.6. The van der Waals surface area contributed by atoms with Crippen LogP contribution in [0.15, 0.2) is 0 Å². The van der Waals surface area contributed by atoms with Crippen LogP contribution in [-0.4, -0.2) is 47.3 Å². The Bertz CT molecular complexity index is 439. The second kappa shape index (κ2) is 7.23. The van der Waals surface area contributed by atoms with E-state index >= 15 is 0 Å². The van der Waals surface area contributed by atoms with E-state index in [1.807, 2.05) is 9.80 Å². The molecule has 2 atom stereocenters. The van der Waals surface area contributed by atoms with Crippen LogP contribution in [0.25, 0.3) is 0 Å². The van der Waals surface area contributed by atoms with Gasteiger partial charge in [-0.3, -0.25) is 9.59 Å². The van der Waals surface area contributed by atoms with E-state index < -0.39 is 0 Å². The molecule has 2 rings (SSSR count). The average Bonchev–Trinajstić information content (AvgIpc) is 2.73. The van der Waals surface area contributed by atoms with E-state index in [-0.39, 0.29) is 23.8 Å². The molecule has 0 saturated carbocycles. The predicted octanol–water partition coefficient (Wildman–Crippen LogP) is 3.31. The first-order chi connectivity index (χ1) is 10.7. The lowest BCUT2D eigenvalue weighted by Gasteiger charge is -2.34. The number of amides is 2. The first-order valence-corrected chi connectivity index (χ1v) is 9.30. The lowest BCUT2D eigenvalue weighted by molar-refractivity contribution is -0.145. The highest BCUT2D eigenvalue weighted by molar-refractivity contribution is 5.88. The molecule has 0 aromatic heterocycles. The number of nitrogens with zero attached hydrogens (tertiary/aromatic N) is 2. The first kappa shape index (κ1) is 18.3. The van der Waals surface area contributed by atoms with Crippen LogP contribution in [0, 0.1) is 17.3 Å². The van der Waals surface area contributed by atoms with E-state index in [1.54, 1.807) is 0 Å². The van der Waals surface area contributed by atoms with Gasteiger partial charge in [-0.15, -0.1) is 0 Å². The van der Waals surface area contributed by atoms with Crippen molar-refractivity contribution in [2.45, 2.75) is 72.8 Å². The third-order valence-corrected chi connectivity index (χ3v) is 5.59. The number of rotatable bonds is 3. The van der Waals surface area contributed by atoms with Crippen molar-refractivity contribution in [2.75, 3.05) is 19.6 Å². The molecule has 2 amide bonds. The summed E-state index contributed by atoms with van der Waals surface area (Å²) in [5, 5.41) is 0. The molecule has 0 bridgehead atoms. The van der Waals surface area contributed by atoms with Gasteiger partial charge in [0.05, 0.1) is 0 Å². The molecule has 0 aromatic rings. The van der Waals surface area contributed by atoms with Crippen molar-refractivity contribution in [3.8, 4) is 0 Å². The summed E-state index contributed by atoms with van der Waals surface area (Å²) in [6.07, 6.45) is 4.84. The summed E-state index contributed by atoms with van der Waals surface area (Å²) in [6.45, 7) is 13.4. The van der Waals surface area contributed by atoms with Gasteiger partial charge < -0.3 is 9.80 Å². The highest BCUT2D eigenvalue weighted by atomic mass is 16.2. The lowest BCUT2D eigenvalue weighted by atomic mass is 9.77. The monoisotopic (exact) mass is 322 g/mol. The number of carbonyl (C=O) groups excluding carboxylic acids is 2. The SMILES string of the molecule is CC(C)C(C(=O)N1CCCC(C(C)(C)C)CC1)N1CCCC1=O. The Morgan fingerprint density at radius 2 is 1.78 bits per heavy atom. The van der Waals surface area contributed by atoms with Gasteiger partial charge in [-0.25, -0.2) is 0 Å². The van der Waals surface area contributed by atoms with Gasteiger partial charge in [0.2, 0.25) is 11.8 Å². The topological polar surface area (TPSA) is 40.6 Å². The predicted molar refractivity (Wildman–Crippen MR) is 92.9 cm³/mol. The smallest absolute Gasteiger partial charge is 0.245 e. The molecule has 0 aromatic carbocycles. The quantitative estimate of drug-likeness (QED) is 0.800. The van der Waals surface area contributed by atoms with Crippen LogP contribution in [0.4, 0.5) is 0 Å². The van der Waals surface area contributed by atoms with Crippen LogP contribution in [0.2, 0.25) is 0 Å². The fourth-order valence-electron chi connectivity index (χ4n) is 4.11. The van der Waals surface area contributed by atoms with Crippen molar-refractivity contribution in [3.05, 3.63) is 0 Å². The second-order valence-electron chi connectivity index (χ2n) is 8.70. The summed E-state index contributed by atoms with van der Waals surface area (Å²) in [6, 6.07) is -0.267. The number of hydrogen-bond acceptors (Lipinski definition) is 2. The Labute approximate surface area is 141 Å². The van der Waals surface area contributed by atoms with Crippen LogP contribution < -0.4 is 0 Å². The van der Waals surface area contributed by atoms with Gasteiger partial charge in [-0.2, -0.15) is 0 Å². The Balaban J connectivity index is 2.07. The summed E-state index contributed by atoms with van der Waals surface area (Å²) in [4.78, 5) is 29.1. The lowest BCUT2D eigenvalue weighted by Crippen LogP contribution is -2.52. The van der Waals surface area contributed by atoms with Crippen LogP contribution in [0.5, 0.6) is 0 Å². The van der Waals surface area contributed by atoms with Gasteiger partial charge in [0.1, 0.15) is 6.04 Å². The van der Waals surface area contributed by atoms with Gasteiger partial charge in [-0.05, 0) is 42.9 Å². The van der Waals surface area contributed by atoms with Crippen LogP contribution in [0.1, 0.15) is 66.7 Å². The summed E-state index contributed by atoms with van der Waals surface area (Å²) in [5.41, 5.74) is 0.307. The Morgan fingerprint density at radius 1 is 1.09 bits per heavy atom. The van der Waals surface area contributed by atoms with Gasteiger partial charge in [0.15, 0.2) is 0 Å². The Kier molecular flexibility index (Phi) is 5.74. The van der Waals surface area contributed by atoms with E-state index in [1.165, 1.54) is 6.42 Å². The van der Waals surface area contributed by atoms with Gasteiger partial charge in [0.25, 0.3) is 0 Å². The highest BCUT2D eigenvalue weighted by Crippen LogP contribution is 2.34. The third-order valence-electron chi connectivity index (χ3n) is 5.59. The maximum atomic E-state index is 13.1. The van der Waals surface area contributed by atoms with Crippen molar-refractivity contribution < 1.29 is 9.59 Å². The van der Waals surface area contributed by atoms with Gasteiger partial charge in [-0.1, -0.05) is 34.6 Å². The third kappa shape index (κ3) is 4.27. The largest absolute Gasteiger partial charge is 0.341 e. The maximum Gasteiger partial charge on any atom is 0.245 e. The van der Waals surface area contributed by atoms with Gasteiger partial charge >= 0.3 is 0 Å². The fraction of sp³-hybridized carbons (Fsp3) is 0.895. The molecular weight excluding hydrogens is 288 g/mol. The minimum absolute atomic E-state index is 0.152. The zero-order chi connectivity index (χ0) is 17.2. The van der Waals surface area contributed by atoms with E-state index in [0.29, 0.717) is 17.8 Å². The number of carbonyl (C=O) groups is 2. The fourth-order valence-corrected chi connectivity index (χ4v) is 4.11. The summed E-state index contributed by atoms with van der Waals surface area (Å²) in [7, 11) is 0. The number of hydrogen-bond donors (Lipinski definition) is 0. The van der Waals surface area contributed by atoms with Crippen molar-refractivity contribution >= 4 is 11.8 Å².